The predicted molar refractivity (Wildman–Crippen MR) is 162 cm³/mol. The molecule has 1 saturated heterocycles. The number of hydrogen-bond donors (Lipinski definition) is 2. The molecule has 1 aliphatic heterocycles. The van der Waals surface area contributed by atoms with Crippen LogP contribution in [0.1, 0.15) is 44.3 Å². The Morgan fingerprint density at radius 3 is 2.46 bits per heavy atom. The first kappa shape index (κ1) is 29.0. The van der Waals surface area contributed by atoms with Crippen molar-refractivity contribution in [3.8, 4) is 11.1 Å². The monoisotopic (exact) mass is 589 g/mol. The molecular weight excluding hydrogens is 560 g/mol. The fourth-order valence-electron chi connectivity index (χ4n) is 5.04. The second-order valence-corrected chi connectivity index (χ2v) is 11.1. The van der Waals surface area contributed by atoms with E-state index in [1.807, 2.05) is 12.1 Å². The summed E-state index contributed by atoms with van der Waals surface area (Å²) >= 11 is 12.0. The van der Waals surface area contributed by atoms with Gasteiger partial charge in [-0.3, -0.25) is 14.5 Å². The van der Waals surface area contributed by atoms with Gasteiger partial charge in [0.15, 0.2) is 5.78 Å². The van der Waals surface area contributed by atoms with Crippen LogP contribution in [0.5, 0.6) is 0 Å². The summed E-state index contributed by atoms with van der Waals surface area (Å²) in [6.45, 7) is 6.03. The zero-order chi connectivity index (χ0) is 28.9. The molecule has 4 aromatic rings. The average Bonchev–Trinajstić information content (AvgIpc) is 2.98. The van der Waals surface area contributed by atoms with E-state index in [-0.39, 0.29) is 17.4 Å². The quantitative estimate of drug-likeness (QED) is 0.223. The Balaban J connectivity index is 1.27. The van der Waals surface area contributed by atoms with Crippen molar-refractivity contribution in [3.05, 3.63) is 129 Å². The van der Waals surface area contributed by atoms with Gasteiger partial charge in [0, 0.05) is 61.0 Å². The number of amides is 1. The Morgan fingerprint density at radius 2 is 1.66 bits per heavy atom. The van der Waals surface area contributed by atoms with Crippen LogP contribution >= 0.6 is 23.2 Å². The number of benzene rings is 4. The highest BCUT2D eigenvalue weighted by atomic mass is 35.5. The highest BCUT2D eigenvalue weighted by Gasteiger charge is 2.17. The normalized spacial score (nSPS) is 15.5. The molecule has 0 unspecified atom stereocenters. The maximum atomic E-state index is 14.8. The van der Waals surface area contributed by atoms with Crippen LogP contribution in [0, 0.1) is 5.82 Å². The third kappa shape index (κ3) is 7.21. The van der Waals surface area contributed by atoms with Crippen LogP contribution in [0.2, 0.25) is 10.0 Å². The van der Waals surface area contributed by atoms with Crippen LogP contribution in [-0.2, 0) is 13.1 Å². The van der Waals surface area contributed by atoms with Crippen molar-refractivity contribution in [3.63, 3.8) is 0 Å². The summed E-state index contributed by atoms with van der Waals surface area (Å²) in [5, 5.41) is 6.88. The van der Waals surface area contributed by atoms with Crippen molar-refractivity contribution in [2.75, 3.05) is 19.6 Å². The van der Waals surface area contributed by atoms with Gasteiger partial charge in [-0.15, -0.1) is 0 Å². The molecule has 5 rings (SSSR count). The maximum absolute atomic E-state index is 14.8. The van der Waals surface area contributed by atoms with E-state index >= 15 is 0 Å². The molecule has 1 heterocycles. The third-order valence-corrected chi connectivity index (χ3v) is 7.91. The van der Waals surface area contributed by atoms with Gasteiger partial charge < -0.3 is 10.6 Å². The molecule has 2 N–H and O–H groups in total. The molecule has 1 amide bonds. The maximum Gasteiger partial charge on any atom is 0.251 e. The van der Waals surface area contributed by atoms with E-state index in [2.05, 4.69) is 34.6 Å². The molecule has 0 aromatic heterocycles. The summed E-state index contributed by atoms with van der Waals surface area (Å²) in [6, 6.07) is 24.7. The molecule has 5 nitrogen and oxygen atoms in total. The van der Waals surface area contributed by atoms with Gasteiger partial charge >= 0.3 is 0 Å². The molecular formula is C33H30Cl2FN3O2. The topological polar surface area (TPSA) is 61.4 Å². The number of ketones is 1. The summed E-state index contributed by atoms with van der Waals surface area (Å²) in [5.74, 6) is -1.10. The highest BCUT2D eigenvalue weighted by Crippen LogP contribution is 2.25. The van der Waals surface area contributed by atoms with E-state index in [9.17, 15) is 14.0 Å². The molecule has 0 bridgehead atoms. The lowest BCUT2D eigenvalue weighted by Crippen LogP contribution is -2.48. The molecule has 0 spiro atoms. The molecule has 8 heteroatoms. The number of nitrogens with zero attached hydrogens (tertiary/aromatic N) is 1. The van der Waals surface area contributed by atoms with E-state index in [0.29, 0.717) is 33.3 Å². The molecule has 4 aromatic carbocycles. The van der Waals surface area contributed by atoms with E-state index in [4.69, 9.17) is 23.2 Å². The van der Waals surface area contributed by atoms with E-state index in [1.54, 1.807) is 42.5 Å². The predicted octanol–water partition coefficient (Wildman–Crippen LogP) is 6.75. The Labute approximate surface area is 249 Å². The van der Waals surface area contributed by atoms with E-state index in [0.717, 1.165) is 37.3 Å². The summed E-state index contributed by atoms with van der Waals surface area (Å²) in [6.07, 6.45) is 0. The molecule has 0 aliphatic carbocycles. The minimum Gasteiger partial charge on any atom is -0.348 e. The highest BCUT2D eigenvalue weighted by molar-refractivity contribution is 6.42. The number of nitrogens with one attached hydrogen (secondary N) is 2. The first-order chi connectivity index (χ1) is 19.8. The first-order valence-corrected chi connectivity index (χ1v) is 14.2. The van der Waals surface area contributed by atoms with Crippen molar-refractivity contribution < 1.29 is 14.0 Å². The molecule has 1 atom stereocenters. The van der Waals surface area contributed by atoms with E-state index in [1.165, 1.54) is 23.8 Å². The van der Waals surface area contributed by atoms with Crippen LogP contribution in [0.25, 0.3) is 11.1 Å². The first-order valence-electron chi connectivity index (χ1n) is 13.5. The molecule has 0 radical (unpaired) electrons. The largest absolute Gasteiger partial charge is 0.348 e. The van der Waals surface area contributed by atoms with Crippen molar-refractivity contribution >= 4 is 34.9 Å². The molecule has 0 saturated carbocycles. The molecule has 1 aliphatic rings. The fourth-order valence-corrected chi connectivity index (χ4v) is 5.33. The SMILES string of the molecule is C[C@H]1CN(Cc2cccc(-c3ccc(F)c(CNC(=O)c4cccc(C(=O)c5ccc(Cl)c(Cl)c5)c4)c3)c2)CCN1. The summed E-state index contributed by atoms with van der Waals surface area (Å²) in [5.41, 5.74) is 4.43. The van der Waals surface area contributed by atoms with Gasteiger partial charge in [0.05, 0.1) is 10.0 Å². The number of hydrogen-bond acceptors (Lipinski definition) is 4. The summed E-state index contributed by atoms with van der Waals surface area (Å²) in [7, 11) is 0. The lowest BCUT2D eigenvalue weighted by Gasteiger charge is -2.31. The van der Waals surface area contributed by atoms with Gasteiger partial charge in [-0.2, -0.15) is 0 Å². The van der Waals surface area contributed by atoms with Gasteiger partial charge in [0.2, 0.25) is 0 Å². The Morgan fingerprint density at radius 1 is 0.902 bits per heavy atom. The van der Waals surface area contributed by atoms with Gasteiger partial charge in [0.25, 0.3) is 5.91 Å². The number of carbonyl (C=O) groups is 2. The Kier molecular flexibility index (Phi) is 9.15. The third-order valence-electron chi connectivity index (χ3n) is 7.17. The molecule has 210 valence electrons. The van der Waals surface area contributed by atoms with Crippen molar-refractivity contribution in [1.29, 1.82) is 0 Å². The summed E-state index contributed by atoms with van der Waals surface area (Å²) in [4.78, 5) is 28.3. The number of rotatable bonds is 8. The van der Waals surface area contributed by atoms with Crippen LogP contribution in [-0.4, -0.2) is 42.3 Å². The molecule has 41 heavy (non-hydrogen) atoms. The minimum absolute atomic E-state index is 0.00182. The van der Waals surface area contributed by atoms with Crippen LogP contribution in [0.15, 0.2) is 84.9 Å². The zero-order valence-electron chi connectivity index (χ0n) is 22.6. The smallest absolute Gasteiger partial charge is 0.251 e. The standard InChI is InChI=1S/C33H30Cl2FN3O2/c1-21-19-39(13-12-37-21)20-22-4-2-5-23(14-22)24-9-11-31(36)28(15-24)18-38-33(41)27-7-3-6-25(16-27)32(40)26-8-10-29(34)30(35)17-26/h2-11,14-17,21,37H,12-13,18-20H2,1H3,(H,38,41)/t21-/m0/s1. The van der Waals surface area contributed by atoms with Crippen LogP contribution < -0.4 is 10.6 Å². The van der Waals surface area contributed by atoms with Gasteiger partial charge in [-0.05, 0) is 72.1 Å². The van der Waals surface area contributed by atoms with Crippen molar-refractivity contribution in [2.45, 2.75) is 26.1 Å². The summed E-state index contributed by atoms with van der Waals surface area (Å²) < 4.78 is 14.8. The lowest BCUT2D eigenvalue weighted by atomic mass is 10.00. The van der Waals surface area contributed by atoms with Crippen LogP contribution in [0.3, 0.4) is 0 Å². The Bertz CT molecular complexity index is 1590. The lowest BCUT2D eigenvalue weighted by molar-refractivity contribution is 0.0950. The number of piperazine rings is 1. The van der Waals surface area contributed by atoms with Gasteiger partial charge in [-0.1, -0.05) is 59.6 Å². The number of carbonyl (C=O) groups excluding carboxylic acids is 2. The van der Waals surface area contributed by atoms with Crippen molar-refractivity contribution in [2.24, 2.45) is 0 Å². The second kappa shape index (κ2) is 13.0. The minimum atomic E-state index is -0.411. The van der Waals surface area contributed by atoms with Crippen molar-refractivity contribution in [1.82, 2.24) is 15.5 Å². The van der Waals surface area contributed by atoms with Gasteiger partial charge in [0.1, 0.15) is 5.82 Å². The van der Waals surface area contributed by atoms with Crippen LogP contribution in [0.4, 0.5) is 4.39 Å². The molecule has 1 fully saturated rings. The Hall–Kier alpha value is -3.55. The second-order valence-electron chi connectivity index (χ2n) is 10.3. The number of halogens is 3. The zero-order valence-corrected chi connectivity index (χ0v) is 24.1. The fraction of sp³-hybridized carbons (Fsp3) is 0.212. The van der Waals surface area contributed by atoms with E-state index < -0.39 is 11.7 Å². The van der Waals surface area contributed by atoms with Gasteiger partial charge in [-0.25, -0.2) is 4.39 Å². The average molecular weight is 591 g/mol.